The molecule has 2 rings (SSSR count). The Morgan fingerprint density at radius 3 is 2.68 bits per heavy atom. The number of amides is 1. The van der Waals surface area contributed by atoms with Crippen molar-refractivity contribution >= 4 is 17.4 Å². The molecule has 1 aromatic heterocycles. The maximum Gasteiger partial charge on any atom is 0.274 e. The highest BCUT2D eigenvalue weighted by Gasteiger charge is 2.13. The normalized spacial score (nSPS) is 10.3. The number of hydrazine groups is 1. The van der Waals surface area contributed by atoms with Crippen LogP contribution in [0.4, 0.5) is 11.5 Å². The van der Waals surface area contributed by atoms with Gasteiger partial charge in [0.05, 0.1) is 11.9 Å². The van der Waals surface area contributed by atoms with E-state index >= 15 is 0 Å². The smallest absolute Gasteiger partial charge is 0.274 e. The van der Waals surface area contributed by atoms with E-state index in [0.29, 0.717) is 11.4 Å². The summed E-state index contributed by atoms with van der Waals surface area (Å²) in [5, 5.41) is 3.92. The minimum atomic E-state index is -0.314. The number of carbonyl (C=O) groups excluding carboxylic acids is 1. The van der Waals surface area contributed by atoms with Crippen molar-refractivity contribution in [3.05, 3.63) is 41.1 Å². The molecule has 0 saturated carbocycles. The summed E-state index contributed by atoms with van der Waals surface area (Å²) in [5.74, 6) is 0.0190. The quantitative estimate of drug-likeness (QED) is 0.727. The number of carbonyl (C=O) groups is 1. The predicted octanol–water partition coefficient (Wildman–Crippen LogP) is 1.38. The van der Waals surface area contributed by atoms with Crippen LogP contribution in [0.15, 0.2) is 24.4 Å². The average molecular weight is 259 g/mol. The summed E-state index contributed by atoms with van der Waals surface area (Å²) in [6.45, 7) is 3.99. The molecule has 1 heterocycles. The number of nitrogens with two attached hydrogens (primary N) is 1. The predicted molar refractivity (Wildman–Crippen MR) is 74.6 cm³/mol. The summed E-state index contributed by atoms with van der Waals surface area (Å²) in [6, 6.07) is 5.92. The van der Waals surface area contributed by atoms with Gasteiger partial charge in [-0.3, -0.25) is 20.3 Å². The van der Waals surface area contributed by atoms with Crippen LogP contribution in [-0.2, 0) is 7.05 Å². The maximum atomic E-state index is 11.9. The molecule has 6 nitrogen and oxygen atoms in total. The minimum Gasteiger partial charge on any atom is -0.383 e. The highest BCUT2D eigenvalue weighted by molar-refractivity contribution is 5.98. The molecule has 0 radical (unpaired) electrons. The van der Waals surface area contributed by atoms with Gasteiger partial charge in [-0.2, -0.15) is 5.10 Å². The van der Waals surface area contributed by atoms with Crippen LogP contribution in [0, 0.1) is 13.8 Å². The molecule has 1 aromatic carbocycles. The van der Waals surface area contributed by atoms with Gasteiger partial charge in [0.2, 0.25) is 0 Å². The summed E-state index contributed by atoms with van der Waals surface area (Å²) in [5.41, 5.74) is 14.6. The Morgan fingerprint density at radius 1 is 1.37 bits per heavy atom. The van der Waals surface area contributed by atoms with E-state index < -0.39 is 0 Å². The second kappa shape index (κ2) is 5.01. The summed E-state index contributed by atoms with van der Waals surface area (Å²) in [6.07, 6.45) is 1.44. The first-order chi connectivity index (χ1) is 8.99. The van der Waals surface area contributed by atoms with E-state index in [9.17, 15) is 4.79 Å². The fourth-order valence-electron chi connectivity index (χ4n) is 1.77. The number of nitrogens with zero attached hydrogens (tertiary/aromatic N) is 2. The Labute approximate surface area is 111 Å². The van der Waals surface area contributed by atoms with Crippen LogP contribution in [0.3, 0.4) is 0 Å². The van der Waals surface area contributed by atoms with Gasteiger partial charge in [0, 0.05) is 7.05 Å². The molecule has 0 aliphatic carbocycles. The standard InChI is InChI=1S/C13H17N5O/c1-8-4-5-11(9(2)6-8)16-17-13(19)10-7-15-18(3)12(10)14/h4-7,16H,14H2,1-3H3,(H,17,19). The lowest BCUT2D eigenvalue weighted by Crippen LogP contribution is -2.30. The van der Waals surface area contributed by atoms with Gasteiger partial charge in [0.1, 0.15) is 11.4 Å². The Bertz CT molecular complexity index is 617. The molecule has 0 spiro atoms. The fraction of sp³-hybridized carbons (Fsp3) is 0.231. The number of hydrogen-bond donors (Lipinski definition) is 3. The molecule has 2 aromatic rings. The van der Waals surface area contributed by atoms with E-state index in [2.05, 4.69) is 16.0 Å². The van der Waals surface area contributed by atoms with E-state index in [1.165, 1.54) is 16.4 Å². The Kier molecular flexibility index (Phi) is 3.41. The zero-order valence-corrected chi connectivity index (χ0v) is 11.2. The van der Waals surface area contributed by atoms with Crippen LogP contribution >= 0.6 is 0 Å². The molecule has 0 aliphatic heterocycles. The fourth-order valence-corrected chi connectivity index (χ4v) is 1.77. The summed E-state index contributed by atoms with van der Waals surface area (Å²) in [7, 11) is 1.68. The van der Waals surface area contributed by atoms with Crippen molar-refractivity contribution in [1.29, 1.82) is 0 Å². The zero-order valence-electron chi connectivity index (χ0n) is 11.2. The molecule has 1 amide bonds. The van der Waals surface area contributed by atoms with Gasteiger partial charge < -0.3 is 5.73 Å². The minimum absolute atomic E-state index is 0.314. The Hall–Kier alpha value is -2.50. The van der Waals surface area contributed by atoms with Crippen LogP contribution < -0.4 is 16.6 Å². The van der Waals surface area contributed by atoms with Crippen molar-refractivity contribution in [1.82, 2.24) is 15.2 Å². The van der Waals surface area contributed by atoms with Crippen molar-refractivity contribution in [3.63, 3.8) is 0 Å². The largest absolute Gasteiger partial charge is 0.383 e. The Balaban J connectivity index is 2.06. The van der Waals surface area contributed by atoms with Gasteiger partial charge in [-0.15, -0.1) is 0 Å². The van der Waals surface area contributed by atoms with Gasteiger partial charge in [-0.25, -0.2) is 0 Å². The topological polar surface area (TPSA) is 85.0 Å². The molecule has 100 valence electrons. The van der Waals surface area contributed by atoms with Crippen molar-refractivity contribution in [2.24, 2.45) is 7.05 Å². The first-order valence-electron chi connectivity index (χ1n) is 5.90. The van der Waals surface area contributed by atoms with E-state index in [-0.39, 0.29) is 5.91 Å². The number of aryl methyl sites for hydroxylation is 3. The van der Waals surface area contributed by atoms with Crippen LogP contribution in [0.5, 0.6) is 0 Å². The van der Waals surface area contributed by atoms with Crippen LogP contribution in [0.2, 0.25) is 0 Å². The Morgan fingerprint density at radius 2 is 2.11 bits per heavy atom. The monoisotopic (exact) mass is 259 g/mol. The van der Waals surface area contributed by atoms with Crippen molar-refractivity contribution in [2.75, 3.05) is 11.2 Å². The summed E-state index contributed by atoms with van der Waals surface area (Å²) < 4.78 is 1.45. The SMILES string of the molecule is Cc1ccc(NNC(=O)c2cnn(C)c2N)c(C)c1. The first kappa shape index (κ1) is 12.9. The molecule has 0 atom stereocenters. The number of aromatic nitrogens is 2. The summed E-state index contributed by atoms with van der Waals surface area (Å²) in [4.78, 5) is 11.9. The average Bonchev–Trinajstić information content (AvgIpc) is 2.69. The first-order valence-corrected chi connectivity index (χ1v) is 5.90. The summed E-state index contributed by atoms with van der Waals surface area (Å²) >= 11 is 0. The molecule has 0 aliphatic rings. The third kappa shape index (κ3) is 2.67. The van der Waals surface area contributed by atoms with E-state index in [1.807, 2.05) is 32.0 Å². The number of nitrogen functional groups attached to an aromatic ring is 1. The number of benzene rings is 1. The number of anilines is 2. The highest BCUT2D eigenvalue weighted by atomic mass is 16.2. The molecule has 4 N–H and O–H groups in total. The van der Waals surface area contributed by atoms with Gasteiger partial charge in [0.15, 0.2) is 0 Å². The van der Waals surface area contributed by atoms with Gasteiger partial charge in [-0.1, -0.05) is 17.7 Å². The zero-order chi connectivity index (χ0) is 14.0. The van der Waals surface area contributed by atoms with Crippen LogP contribution in [0.1, 0.15) is 21.5 Å². The second-order valence-electron chi connectivity index (χ2n) is 4.46. The van der Waals surface area contributed by atoms with Gasteiger partial charge in [0.25, 0.3) is 5.91 Å². The van der Waals surface area contributed by atoms with Crippen molar-refractivity contribution < 1.29 is 4.79 Å². The van der Waals surface area contributed by atoms with Gasteiger partial charge >= 0.3 is 0 Å². The number of hydrogen-bond acceptors (Lipinski definition) is 4. The van der Waals surface area contributed by atoms with E-state index in [4.69, 9.17) is 5.73 Å². The van der Waals surface area contributed by atoms with Crippen LogP contribution in [0.25, 0.3) is 0 Å². The van der Waals surface area contributed by atoms with Gasteiger partial charge in [-0.05, 0) is 25.5 Å². The molecular formula is C13H17N5O. The van der Waals surface area contributed by atoms with Crippen LogP contribution in [-0.4, -0.2) is 15.7 Å². The van der Waals surface area contributed by atoms with E-state index in [1.54, 1.807) is 7.05 Å². The number of nitrogens with one attached hydrogen (secondary N) is 2. The third-order valence-electron chi connectivity index (χ3n) is 2.92. The van der Waals surface area contributed by atoms with Crippen molar-refractivity contribution in [3.8, 4) is 0 Å². The molecule has 0 unspecified atom stereocenters. The van der Waals surface area contributed by atoms with Crippen molar-refractivity contribution in [2.45, 2.75) is 13.8 Å². The maximum absolute atomic E-state index is 11.9. The second-order valence-corrected chi connectivity index (χ2v) is 4.46. The lowest BCUT2D eigenvalue weighted by Gasteiger charge is -2.11. The number of rotatable bonds is 3. The molecular weight excluding hydrogens is 242 g/mol. The lowest BCUT2D eigenvalue weighted by molar-refractivity contribution is 0.0963. The molecule has 6 heteroatoms. The highest BCUT2D eigenvalue weighted by Crippen LogP contribution is 2.15. The molecule has 0 saturated heterocycles. The lowest BCUT2D eigenvalue weighted by atomic mass is 10.1. The van der Waals surface area contributed by atoms with E-state index in [0.717, 1.165) is 11.3 Å². The molecule has 19 heavy (non-hydrogen) atoms. The molecule has 0 bridgehead atoms. The third-order valence-corrected chi connectivity index (χ3v) is 2.92. The molecule has 0 fully saturated rings.